The number of phenolic OH excluding ortho intramolecular Hbond substituents is 2. The number of carbonyl (C=O) groups excluding carboxylic acids is 4. The summed E-state index contributed by atoms with van der Waals surface area (Å²) in [6.07, 6.45) is 2.05. The number of likely N-dealkylation sites (tertiary alicyclic amines) is 1. The number of ketones is 3. The summed E-state index contributed by atoms with van der Waals surface area (Å²) < 4.78 is 10.8. The number of fused-ring (bicyclic) bond motifs is 3. The maximum atomic E-state index is 13.9. The Labute approximate surface area is 208 Å². The molecule has 1 saturated heterocycles. The van der Waals surface area contributed by atoms with Crippen LogP contribution >= 0.6 is 0 Å². The van der Waals surface area contributed by atoms with Crippen molar-refractivity contribution in [2.24, 2.45) is 0 Å². The molecule has 1 aromatic rings. The molecule has 3 N–H and O–H groups in total. The Morgan fingerprint density at radius 1 is 1.19 bits per heavy atom. The lowest BCUT2D eigenvalue weighted by Crippen LogP contribution is -2.46. The fourth-order valence-corrected chi connectivity index (χ4v) is 5.16. The van der Waals surface area contributed by atoms with Gasteiger partial charge in [-0.05, 0) is 47.5 Å². The molecule has 0 saturated carbocycles. The number of carbonyl (C=O) groups is 4. The van der Waals surface area contributed by atoms with E-state index >= 15 is 0 Å². The van der Waals surface area contributed by atoms with E-state index in [9.17, 15) is 29.4 Å². The fraction of sp³-hybridized carbons (Fsp3) is 0.462. The molecule has 1 atom stereocenters. The van der Waals surface area contributed by atoms with E-state index in [0.717, 1.165) is 0 Å². The number of nitrogens with one attached hydrogen (secondary N) is 1. The lowest BCUT2D eigenvalue weighted by molar-refractivity contribution is -0.123. The van der Waals surface area contributed by atoms with Gasteiger partial charge in [0.2, 0.25) is 0 Å². The van der Waals surface area contributed by atoms with Gasteiger partial charge in [0.15, 0.2) is 17.3 Å². The number of amides is 1. The number of benzene rings is 1. The molecular formula is C26H30N2O8. The van der Waals surface area contributed by atoms with Crippen LogP contribution in [0.1, 0.15) is 62.0 Å². The van der Waals surface area contributed by atoms with E-state index in [2.05, 4.69) is 5.32 Å². The van der Waals surface area contributed by atoms with Crippen LogP contribution in [0, 0.1) is 6.92 Å². The quantitative estimate of drug-likeness (QED) is 0.324. The standard InChI is InChI=1S/C26H30N2O8/c1-6-35-25(34)28-9-7-15(8-10-28)27-13(3)18-16(30)11-17-26(5,24(18)33)20-22(32)12(2)21(31)19(14(4)29)23(20)36-17/h11,15,27,31-32H,6-10H2,1-5H3. The third-order valence-corrected chi connectivity index (χ3v) is 7.20. The highest BCUT2D eigenvalue weighted by molar-refractivity contribution is 6.31. The fourth-order valence-electron chi connectivity index (χ4n) is 5.16. The SMILES string of the molecule is CCOC(=O)N1CCC(NC(C)=C2C(=O)C=C3Oc4c(C(C)=O)c(O)c(C)c(O)c4C3(C)C2=O)CC1. The summed E-state index contributed by atoms with van der Waals surface area (Å²) in [6, 6.07) is -0.0639. The number of rotatable bonds is 4. The highest BCUT2D eigenvalue weighted by Gasteiger charge is 2.56. The molecule has 1 aliphatic carbocycles. The van der Waals surface area contributed by atoms with Crippen LogP contribution < -0.4 is 10.1 Å². The van der Waals surface area contributed by atoms with Crippen molar-refractivity contribution in [1.82, 2.24) is 10.2 Å². The van der Waals surface area contributed by atoms with Crippen molar-refractivity contribution in [1.29, 1.82) is 0 Å². The van der Waals surface area contributed by atoms with Gasteiger partial charge in [-0.2, -0.15) is 0 Å². The van der Waals surface area contributed by atoms with E-state index in [1.165, 1.54) is 26.8 Å². The summed E-state index contributed by atoms with van der Waals surface area (Å²) in [7, 11) is 0. The van der Waals surface area contributed by atoms with Crippen LogP contribution in [-0.4, -0.2) is 64.3 Å². The number of nitrogens with zero attached hydrogens (tertiary/aromatic N) is 1. The molecule has 1 aromatic carbocycles. The maximum absolute atomic E-state index is 13.9. The van der Waals surface area contributed by atoms with Gasteiger partial charge in [-0.1, -0.05) is 0 Å². The molecule has 4 rings (SSSR count). The molecule has 0 bridgehead atoms. The molecule has 1 amide bonds. The van der Waals surface area contributed by atoms with Gasteiger partial charge in [0, 0.05) is 36.5 Å². The molecule has 36 heavy (non-hydrogen) atoms. The molecule has 3 aliphatic rings. The molecule has 10 heteroatoms. The summed E-state index contributed by atoms with van der Waals surface area (Å²) in [5.41, 5.74) is -1.29. The second-order valence-corrected chi connectivity index (χ2v) is 9.49. The van der Waals surface area contributed by atoms with E-state index < -0.39 is 28.5 Å². The number of aromatic hydroxyl groups is 2. The summed E-state index contributed by atoms with van der Waals surface area (Å²) in [5, 5.41) is 24.6. The van der Waals surface area contributed by atoms with Crippen molar-refractivity contribution in [3.63, 3.8) is 0 Å². The van der Waals surface area contributed by atoms with Gasteiger partial charge in [-0.15, -0.1) is 0 Å². The average molecular weight is 499 g/mol. The second-order valence-electron chi connectivity index (χ2n) is 9.49. The maximum Gasteiger partial charge on any atom is 0.409 e. The number of ether oxygens (including phenoxy) is 2. The van der Waals surface area contributed by atoms with Gasteiger partial charge in [0.05, 0.1) is 17.7 Å². The van der Waals surface area contributed by atoms with Crippen LogP contribution in [0.25, 0.3) is 0 Å². The van der Waals surface area contributed by atoms with Crippen LogP contribution in [0.2, 0.25) is 0 Å². The molecule has 2 heterocycles. The van der Waals surface area contributed by atoms with Crippen LogP contribution in [-0.2, 0) is 19.7 Å². The molecule has 2 aliphatic heterocycles. The molecule has 10 nitrogen and oxygen atoms in total. The van der Waals surface area contributed by atoms with Crippen molar-refractivity contribution < 1.29 is 38.9 Å². The monoisotopic (exact) mass is 498 g/mol. The summed E-state index contributed by atoms with van der Waals surface area (Å²) in [4.78, 5) is 52.8. The number of hydrogen-bond acceptors (Lipinski definition) is 9. The Morgan fingerprint density at radius 3 is 2.42 bits per heavy atom. The Morgan fingerprint density at radius 2 is 1.83 bits per heavy atom. The summed E-state index contributed by atoms with van der Waals surface area (Å²) >= 11 is 0. The molecule has 0 spiro atoms. The first-order valence-corrected chi connectivity index (χ1v) is 11.9. The lowest BCUT2D eigenvalue weighted by Gasteiger charge is -2.33. The van der Waals surface area contributed by atoms with Crippen molar-refractivity contribution in [2.75, 3.05) is 19.7 Å². The van der Waals surface area contributed by atoms with E-state index in [4.69, 9.17) is 9.47 Å². The van der Waals surface area contributed by atoms with Crippen molar-refractivity contribution in [3.8, 4) is 17.2 Å². The molecular weight excluding hydrogens is 468 g/mol. The topological polar surface area (TPSA) is 142 Å². The van der Waals surface area contributed by atoms with E-state index in [-0.39, 0.29) is 51.7 Å². The van der Waals surface area contributed by atoms with E-state index in [1.54, 1.807) is 18.7 Å². The van der Waals surface area contributed by atoms with E-state index in [0.29, 0.717) is 38.2 Å². The summed E-state index contributed by atoms with van der Waals surface area (Å²) in [5.74, 6) is -2.55. The van der Waals surface area contributed by atoms with Crippen LogP contribution in [0.3, 0.4) is 0 Å². The third kappa shape index (κ3) is 3.71. The number of piperidine rings is 1. The van der Waals surface area contributed by atoms with Crippen molar-refractivity contribution >= 4 is 23.4 Å². The van der Waals surface area contributed by atoms with Gasteiger partial charge in [-0.3, -0.25) is 14.4 Å². The third-order valence-electron chi connectivity index (χ3n) is 7.20. The van der Waals surface area contributed by atoms with Crippen LogP contribution in [0.15, 0.2) is 23.1 Å². The van der Waals surface area contributed by atoms with Crippen LogP contribution in [0.5, 0.6) is 17.2 Å². The molecule has 0 aromatic heterocycles. The Bertz CT molecular complexity index is 1250. The largest absolute Gasteiger partial charge is 0.507 e. The molecule has 1 fully saturated rings. The van der Waals surface area contributed by atoms with Crippen molar-refractivity contribution in [2.45, 2.75) is 58.9 Å². The smallest absolute Gasteiger partial charge is 0.409 e. The van der Waals surface area contributed by atoms with E-state index in [1.807, 2.05) is 0 Å². The predicted molar refractivity (Wildman–Crippen MR) is 128 cm³/mol. The summed E-state index contributed by atoms with van der Waals surface area (Å²) in [6.45, 7) is 8.87. The average Bonchev–Trinajstić information content (AvgIpc) is 3.11. The van der Waals surface area contributed by atoms with Crippen LogP contribution in [0.4, 0.5) is 4.79 Å². The minimum absolute atomic E-state index is 0.00500. The highest BCUT2D eigenvalue weighted by atomic mass is 16.6. The predicted octanol–water partition coefficient (Wildman–Crippen LogP) is 2.78. The first-order valence-electron chi connectivity index (χ1n) is 11.9. The zero-order chi connectivity index (χ0) is 26.5. The Hall–Kier alpha value is -3.82. The second kappa shape index (κ2) is 9.00. The van der Waals surface area contributed by atoms with Gasteiger partial charge >= 0.3 is 6.09 Å². The molecule has 1 unspecified atom stereocenters. The minimum Gasteiger partial charge on any atom is -0.507 e. The van der Waals surface area contributed by atoms with Gasteiger partial charge in [0.25, 0.3) is 0 Å². The molecule has 192 valence electrons. The number of allylic oxidation sites excluding steroid dienone is 4. The number of hydrogen-bond donors (Lipinski definition) is 3. The van der Waals surface area contributed by atoms with Crippen molar-refractivity contribution in [3.05, 3.63) is 39.8 Å². The van der Waals surface area contributed by atoms with Gasteiger partial charge in [0.1, 0.15) is 34.0 Å². The Balaban J connectivity index is 1.68. The first kappa shape index (κ1) is 25.3. The van der Waals surface area contributed by atoms with Gasteiger partial charge < -0.3 is 29.9 Å². The lowest BCUT2D eigenvalue weighted by atomic mass is 9.70. The number of Topliss-reactive ketones (excluding diaryl/α,β-unsaturated/α-hetero) is 2. The van der Waals surface area contributed by atoms with Gasteiger partial charge in [-0.25, -0.2) is 4.79 Å². The Kier molecular flexibility index (Phi) is 6.32. The molecule has 0 radical (unpaired) electrons. The first-order chi connectivity index (χ1) is 16.9. The highest BCUT2D eigenvalue weighted by Crippen LogP contribution is 2.57. The normalized spacial score (nSPS) is 22.9. The zero-order valence-electron chi connectivity index (χ0n) is 21.0. The number of phenols is 2. The zero-order valence-corrected chi connectivity index (χ0v) is 21.0. The minimum atomic E-state index is -1.55.